The van der Waals surface area contributed by atoms with Crippen molar-refractivity contribution < 1.29 is 5.11 Å². The number of aliphatic hydroxyl groups is 1. The average molecular weight is 391 g/mol. The molecule has 0 saturated heterocycles. The van der Waals surface area contributed by atoms with E-state index in [-0.39, 0.29) is 0 Å². The largest absolute Gasteiger partial charge is 0.384 e. The van der Waals surface area contributed by atoms with Crippen LogP contribution in [-0.4, -0.2) is 5.11 Å². The molecule has 2 rings (SSSR count). The minimum absolute atomic E-state index is 0.564. The summed E-state index contributed by atoms with van der Waals surface area (Å²) in [6.45, 7) is 2.00. The smallest absolute Gasteiger partial charge is 0.107 e. The molecule has 1 atom stereocenters. The van der Waals surface area contributed by atoms with E-state index in [0.29, 0.717) is 10.6 Å². The van der Waals surface area contributed by atoms with Crippen LogP contribution in [0, 0.1) is 6.92 Å². The number of aryl methyl sites for hydroxylation is 1. The molecule has 0 bridgehead atoms. The zero-order valence-corrected chi connectivity index (χ0v) is 13.6. The Bertz CT molecular complexity index is 584. The third-order valence-electron chi connectivity index (χ3n) is 2.77. The monoisotopic (exact) mass is 388 g/mol. The van der Waals surface area contributed by atoms with E-state index in [4.69, 9.17) is 11.6 Å². The number of halogens is 3. The molecule has 0 heterocycles. The van der Waals surface area contributed by atoms with Crippen LogP contribution in [0.5, 0.6) is 0 Å². The molecule has 2 aromatic carbocycles. The molecule has 0 radical (unpaired) electrons. The Labute approximate surface area is 128 Å². The van der Waals surface area contributed by atoms with Crippen LogP contribution in [0.4, 0.5) is 0 Å². The van der Waals surface area contributed by atoms with E-state index in [1.807, 2.05) is 37.3 Å². The van der Waals surface area contributed by atoms with Crippen molar-refractivity contribution in [2.45, 2.75) is 13.0 Å². The Morgan fingerprint density at radius 3 is 2.39 bits per heavy atom. The van der Waals surface area contributed by atoms with Gasteiger partial charge in [0.15, 0.2) is 0 Å². The normalized spacial score (nSPS) is 12.5. The molecule has 0 aliphatic rings. The summed E-state index contributed by atoms with van der Waals surface area (Å²) in [7, 11) is 0. The zero-order chi connectivity index (χ0) is 13.3. The SMILES string of the molecule is Cc1cc(Br)c(C(O)c2ccccc2Cl)cc1Br. The first-order valence-electron chi connectivity index (χ1n) is 5.38. The van der Waals surface area contributed by atoms with Crippen molar-refractivity contribution in [2.24, 2.45) is 0 Å². The first-order valence-corrected chi connectivity index (χ1v) is 7.35. The van der Waals surface area contributed by atoms with Gasteiger partial charge in [0.1, 0.15) is 6.10 Å². The van der Waals surface area contributed by atoms with Crippen LogP contribution in [-0.2, 0) is 0 Å². The molecule has 0 aliphatic carbocycles. The molecule has 2 aromatic rings. The predicted octanol–water partition coefficient (Wildman–Crippen LogP) is 5.26. The Balaban J connectivity index is 2.50. The van der Waals surface area contributed by atoms with Crippen molar-refractivity contribution in [3.8, 4) is 0 Å². The quantitative estimate of drug-likeness (QED) is 0.742. The maximum atomic E-state index is 10.4. The van der Waals surface area contributed by atoms with Gasteiger partial charge in [-0.25, -0.2) is 0 Å². The Morgan fingerprint density at radius 2 is 1.72 bits per heavy atom. The molecule has 18 heavy (non-hydrogen) atoms. The van der Waals surface area contributed by atoms with E-state index in [2.05, 4.69) is 31.9 Å². The number of hydrogen-bond donors (Lipinski definition) is 1. The number of aliphatic hydroxyl groups excluding tert-OH is 1. The van der Waals surface area contributed by atoms with Gasteiger partial charge in [-0.3, -0.25) is 0 Å². The molecule has 94 valence electrons. The lowest BCUT2D eigenvalue weighted by atomic mass is 10.0. The van der Waals surface area contributed by atoms with Gasteiger partial charge in [-0.05, 0) is 30.7 Å². The molecule has 0 spiro atoms. The summed E-state index contributed by atoms with van der Waals surface area (Å²) in [4.78, 5) is 0. The molecule has 0 fully saturated rings. The first-order chi connectivity index (χ1) is 8.50. The maximum Gasteiger partial charge on any atom is 0.107 e. The highest BCUT2D eigenvalue weighted by molar-refractivity contribution is 9.11. The van der Waals surface area contributed by atoms with Gasteiger partial charge in [0.2, 0.25) is 0 Å². The van der Waals surface area contributed by atoms with E-state index in [1.165, 1.54) is 0 Å². The lowest BCUT2D eigenvalue weighted by Crippen LogP contribution is -2.02. The van der Waals surface area contributed by atoms with Gasteiger partial charge in [0.25, 0.3) is 0 Å². The molecule has 4 heteroatoms. The number of benzene rings is 2. The van der Waals surface area contributed by atoms with E-state index < -0.39 is 6.10 Å². The van der Waals surface area contributed by atoms with Gasteiger partial charge in [-0.15, -0.1) is 0 Å². The van der Waals surface area contributed by atoms with E-state index in [1.54, 1.807) is 6.07 Å². The Hall–Kier alpha value is -0.350. The molecule has 0 aromatic heterocycles. The highest BCUT2D eigenvalue weighted by Crippen LogP contribution is 2.35. The van der Waals surface area contributed by atoms with Crippen LogP contribution in [0.15, 0.2) is 45.3 Å². The first kappa shape index (κ1) is 14.1. The summed E-state index contributed by atoms with van der Waals surface area (Å²) in [5.74, 6) is 0. The standard InChI is InChI=1S/C14H11Br2ClO/c1-8-6-12(16)10(7-11(8)15)14(18)9-4-2-3-5-13(9)17/h2-7,14,18H,1H3. The second-order valence-electron chi connectivity index (χ2n) is 4.05. The van der Waals surface area contributed by atoms with Crippen LogP contribution in [0.1, 0.15) is 22.8 Å². The topological polar surface area (TPSA) is 20.2 Å². The summed E-state index contributed by atoms with van der Waals surface area (Å²) in [5.41, 5.74) is 2.60. The summed E-state index contributed by atoms with van der Waals surface area (Å²) >= 11 is 13.1. The summed E-state index contributed by atoms with van der Waals surface area (Å²) in [6, 6.07) is 11.2. The third kappa shape index (κ3) is 2.80. The molecule has 1 N–H and O–H groups in total. The van der Waals surface area contributed by atoms with Crippen molar-refractivity contribution in [2.75, 3.05) is 0 Å². The van der Waals surface area contributed by atoms with Crippen molar-refractivity contribution in [3.63, 3.8) is 0 Å². The predicted molar refractivity (Wildman–Crippen MR) is 82.1 cm³/mol. The molecular weight excluding hydrogens is 379 g/mol. The van der Waals surface area contributed by atoms with Gasteiger partial charge in [-0.2, -0.15) is 0 Å². The molecular formula is C14H11Br2ClO. The summed E-state index contributed by atoms with van der Waals surface area (Å²) in [5, 5.41) is 11.0. The van der Waals surface area contributed by atoms with Crippen molar-refractivity contribution in [1.82, 2.24) is 0 Å². The van der Waals surface area contributed by atoms with Gasteiger partial charge >= 0.3 is 0 Å². The highest BCUT2D eigenvalue weighted by atomic mass is 79.9. The van der Waals surface area contributed by atoms with Gasteiger partial charge < -0.3 is 5.11 Å². The van der Waals surface area contributed by atoms with Crippen LogP contribution in [0.2, 0.25) is 5.02 Å². The van der Waals surface area contributed by atoms with E-state index >= 15 is 0 Å². The summed E-state index contributed by atoms with van der Waals surface area (Å²) in [6.07, 6.45) is -0.745. The average Bonchev–Trinajstić information content (AvgIpc) is 2.33. The van der Waals surface area contributed by atoms with Gasteiger partial charge in [-0.1, -0.05) is 61.7 Å². The second kappa shape index (κ2) is 5.74. The maximum absolute atomic E-state index is 10.4. The zero-order valence-electron chi connectivity index (χ0n) is 9.62. The van der Waals surface area contributed by atoms with Crippen LogP contribution < -0.4 is 0 Å². The highest BCUT2D eigenvalue weighted by Gasteiger charge is 2.17. The molecule has 0 saturated carbocycles. The molecule has 1 unspecified atom stereocenters. The lowest BCUT2D eigenvalue weighted by Gasteiger charge is -2.16. The fourth-order valence-electron chi connectivity index (χ4n) is 1.74. The van der Waals surface area contributed by atoms with Crippen molar-refractivity contribution >= 4 is 43.5 Å². The van der Waals surface area contributed by atoms with Crippen LogP contribution in [0.3, 0.4) is 0 Å². The molecule has 0 aliphatic heterocycles. The molecule has 1 nitrogen and oxygen atoms in total. The number of rotatable bonds is 2. The lowest BCUT2D eigenvalue weighted by molar-refractivity contribution is 0.219. The van der Waals surface area contributed by atoms with Crippen LogP contribution in [0.25, 0.3) is 0 Å². The van der Waals surface area contributed by atoms with Gasteiger partial charge in [0.05, 0.1) is 0 Å². The minimum Gasteiger partial charge on any atom is -0.384 e. The second-order valence-corrected chi connectivity index (χ2v) is 6.16. The fraction of sp³-hybridized carbons (Fsp3) is 0.143. The Morgan fingerprint density at radius 1 is 1.06 bits per heavy atom. The van der Waals surface area contributed by atoms with Crippen LogP contribution >= 0.6 is 43.5 Å². The number of hydrogen-bond acceptors (Lipinski definition) is 1. The van der Waals surface area contributed by atoms with Crippen molar-refractivity contribution in [1.29, 1.82) is 0 Å². The van der Waals surface area contributed by atoms with Crippen molar-refractivity contribution in [3.05, 3.63) is 67.1 Å². The van der Waals surface area contributed by atoms with E-state index in [0.717, 1.165) is 20.1 Å². The van der Waals surface area contributed by atoms with Gasteiger partial charge in [0, 0.05) is 25.1 Å². The third-order valence-corrected chi connectivity index (χ3v) is 4.66. The molecule has 0 amide bonds. The Kier molecular flexibility index (Phi) is 4.49. The minimum atomic E-state index is -0.745. The fourth-order valence-corrected chi connectivity index (χ4v) is 3.01. The van der Waals surface area contributed by atoms with E-state index in [9.17, 15) is 5.11 Å². The summed E-state index contributed by atoms with van der Waals surface area (Å²) < 4.78 is 1.84.